The van der Waals surface area contributed by atoms with Crippen LogP contribution in [0.2, 0.25) is 5.02 Å². The summed E-state index contributed by atoms with van der Waals surface area (Å²) in [5, 5.41) is 4.09. The van der Waals surface area contributed by atoms with E-state index in [4.69, 9.17) is 30.5 Å². The smallest absolute Gasteiger partial charge is 0.175 e. The predicted octanol–water partition coefficient (Wildman–Crippen LogP) is 6.07. The highest BCUT2D eigenvalue weighted by molar-refractivity contribution is 9.10. The first-order valence-electron chi connectivity index (χ1n) is 9.49. The molecule has 0 atom stereocenters. The van der Waals surface area contributed by atoms with Crippen molar-refractivity contribution in [2.75, 3.05) is 25.6 Å². The van der Waals surface area contributed by atoms with Gasteiger partial charge in [-0.3, -0.25) is 0 Å². The second kappa shape index (κ2) is 9.49. The molecule has 3 aromatic rings. The van der Waals surface area contributed by atoms with Gasteiger partial charge in [-0.25, -0.2) is 0 Å². The normalized spacial score (nSPS) is 12.4. The Morgan fingerprint density at radius 1 is 1.00 bits per heavy atom. The van der Waals surface area contributed by atoms with Gasteiger partial charge in [0.25, 0.3) is 0 Å². The van der Waals surface area contributed by atoms with E-state index in [1.807, 2.05) is 54.6 Å². The van der Waals surface area contributed by atoms with Crippen molar-refractivity contribution < 1.29 is 18.9 Å². The molecule has 4 rings (SSSR count). The Kier molecular flexibility index (Phi) is 6.55. The monoisotopic (exact) mass is 489 g/mol. The molecule has 30 heavy (non-hydrogen) atoms. The third-order valence-electron chi connectivity index (χ3n) is 4.60. The van der Waals surface area contributed by atoms with Crippen molar-refractivity contribution in [2.24, 2.45) is 0 Å². The number of anilines is 1. The Bertz CT molecular complexity index is 1040. The molecule has 0 fully saturated rings. The van der Waals surface area contributed by atoms with Crippen LogP contribution in [0.1, 0.15) is 11.1 Å². The van der Waals surface area contributed by atoms with Gasteiger partial charge in [0.1, 0.15) is 19.8 Å². The Hall–Kier alpha value is -2.57. The average molecular weight is 491 g/mol. The van der Waals surface area contributed by atoms with Crippen molar-refractivity contribution in [3.8, 4) is 23.0 Å². The summed E-state index contributed by atoms with van der Waals surface area (Å²) in [6.07, 6.45) is 0. The van der Waals surface area contributed by atoms with E-state index in [2.05, 4.69) is 21.2 Å². The highest BCUT2D eigenvalue weighted by Crippen LogP contribution is 2.38. The summed E-state index contributed by atoms with van der Waals surface area (Å²) in [6, 6.07) is 17.4. The van der Waals surface area contributed by atoms with Gasteiger partial charge >= 0.3 is 0 Å². The van der Waals surface area contributed by atoms with Crippen LogP contribution >= 0.6 is 27.5 Å². The largest absolute Gasteiger partial charge is 0.493 e. The molecule has 1 heterocycles. The summed E-state index contributed by atoms with van der Waals surface area (Å²) in [4.78, 5) is 0. The van der Waals surface area contributed by atoms with Gasteiger partial charge in [-0.05, 0) is 63.5 Å². The number of hydrogen-bond acceptors (Lipinski definition) is 5. The molecule has 0 saturated heterocycles. The van der Waals surface area contributed by atoms with Crippen LogP contribution in [-0.4, -0.2) is 20.3 Å². The molecule has 156 valence electrons. The first-order valence-corrected chi connectivity index (χ1v) is 10.7. The van der Waals surface area contributed by atoms with E-state index in [0.29, 0.717) is 42.9 Å². The highest BCUT2D eigenvalue weighted by Gasteiger charge is 2.14. The van der Waals surface area contributed by atoms with Crippen molar-refractivity contribution in [1.29, 1.82) is 0 Å². The third-order valence-corrected chi connectivity index (χ3v) is 5.42. The van der Waals surface area contributed by atoms with E-state index < -0.39 is 0 Å². The molecule has 0 spiro atoms. The molecule has 1 N–H and O–H groups in total. The molecule has 3 aromatic carbocycles. The Morgan fingerprint density at radius 3 is 2.63 bits per heavy atom. The van der Waals surface area contributed by atoms with Gasteiger partial charge in [-0.15, -0.1) is 0 Å². The molecule has 7 heteroatoms. The van der Waals surface area contributed by atoms with Gasteiger partial charge in [-0.1, -0.05) is 23.7 Å². The van der Waals surface area contributed by atoms with Crippen LogP contribution in [0.15, 0.2) is 59.1 Å². The number of rotatable bonds is 7. The molecular formula is C23H21BrClNO4. The minimum atomic E-state index is 0.393. The van der Waals surface area contributed by atoms with Gasteiger partial charge in [0.2, 0.25) is 0 Å². The van der Waals surface area contributed by atoms with Crippen LogP contribution in [0.25, 0.3) is 0 Å². The highest BCUT2D eigenvalue weighted by atomic mass is 79.9. The summed E-state index contributed by atoms with van der Waals surface area (Å²) >= 11 is 9.66. The SMILES string of the molecule is COc1cc(CNc2ccc3c(c2)OCCO3)cc(Br)c1OCc1cccc(Cl)c1. The lowest BCUT2D eigenvalue weighted by atomic mass is 10.2. The van der Waals surface area contributed by atoms with Crippen LogP contribution in [0.3, 0.4) is 0 Å². The Labute approximate surface area is 189 Å². The number of ether oxygens (including phenoxy) is 4. The van der Waals surface area contributed by atoms with Crippen molar-refractivity contribution in [1.82, 2.24) is 0 Å². The average Bonchev–Trinajstić information content (AvgIpc) is 2.76. The molecule has 0 saturated carbocycles. The van der Waals surface area contributed by atoms with E-state index in [1.54, 1.807) is 7.11 Å². The number of benzene rings is 3. The van der Waals surface area contributed by atoms with Gasteiger partial charge in [0, 0.05) is 23.3 Å². The lowest BCUT2D eigenvalue weighted by Crippen LogP contribution is -2.15. The molecule has 0 unspecified atom stereocenters. The van der Waals surface area contributed by atoms with Gasteiger partial charge in [0.15, 0.2) is 23.0 Å². The van der Waals surface area contributed by atoms with Crippen LogP contribution < -0.4 is 24.3 Å². The fourth-order valence-electron chi connectivity index (χ4n) is 3.16. The number of halogens is 2. The van der Waals surface area contributed by atoms with E-state index in [0.717, 1.165) is 32.8 Å². The number of fused-ring (bicyclic) bond motifs is 1. The Morgan fingerprint density at radius 2 is 1.83 bits per heavy atom. The summed E-state index contributed by atoms with van der Waals surface area (Å²) in [5.41, 5.74) is 2.99. The summed E-state index contributed by atoms with van der Waals surface area (Å²) in [6.45, 7) is 2.16. The zero-order chi connectivity index (χ0) is 20.9. The van der Waals surface area contributed by atoms with Crippen LogP contribution in [-0.2, 0) is 13.2 Å². The summed E-state index contributed by atoms with van der Waals surface area (Å²) in [7, 11) is 1.63. The second-order valence-corrected chi connectivity index (χ2v) is 8.03. The fourth-order valence-corrected chi connectivity index (χ4v) is 3.97. The van der Waals surface area contributed by atoms with E-state index in [9.17, 15) is 0 Å². The zero-order valence-corrected chi connectivity index (χ0v) is 18.8. The third kappa shape index (κ3) is 4.94. The maximum atomic E-state index is 6.05. The van der Waals surface area contributed by atoms with Gasteiger partial charge in [0.05, 0.1) is 11.6 Å². The molecule has 0 radical (unpaired) electrons. The second-order valence-electron chi connectivity index (χ2n) is 6.74. The molecule has 0 aromatic heterocycles. The maximum Gasteiger partial charge on any atom is 0.175 e. The number of nitrogens with one attached hydrogen (secondary N) is 1. The first kappa shape index (κ1) is 20.7. The standard InChI is InChI=1S/C23H21BrClNO4/c1-27-22-11-16(13-26-18-5-6-20-21(12-18)29-8-7-28-20)10-19(24)23(22)30-14-15-3-2-4-17(25)9-15/h2-6,9-12,26H,7-8,13-14H2,1H3. The fraction of sp³-hybridized carbons (Fsp3) is 0.217. The molecular weight excluding hydrogens is 470 g/mol. The van der Waals surface area contributed by atoms with Crippen molar-refractivity contribution in [2.45, 2.75) is 13.2 Å². The molecule has 1 aliphatic rings. The molecule has 0 aliphatic carbocycles. The summed E-state index contributed by atoms with van der Waals surface area (Å²) < 4.78 is 23.6. The maximum absolute atomic E-state index is 6.05. The molecule has 1 aliphatic heterocycles. The van der Waals surface area contributed by atoms with Crippen molar-refractivity contribution in [3.63, 3.8) is 0 Å². The van der Waals surface area contributed by atoms with Crippen molar-refractivity contribution >= 4 is 33.2 Å². The quantitative estimate of drug-likeness (QED) is 0.435. The van der Waals surface area contributed by atoms with E-state index >= 15 is 0 Å². The predicted molar refractivity (Wildman–Crippen MR) is 121 cm³/mol. The summed E-state index contributed by atoms with van der Waals surface area (Å²) in [5.74, 6) is 2.85. The molecule has 0 amide bonds. The van der Waals surface area contributed by atoms with E-state index in [-0.39, 0.29) is 0 Å². The molecule has 5 nitrogen and oxygen atoms in total. The Balaban J connectivity index is 1.45. The molecule has 0 bridgehead atoms. The minimum absolute atomic E-state index is 0.393. The number of hydrogen-bond donors (Lipinski definition) is 1. The van der Waals surface area contributed by atoms with Crippen LogP contribution in [0, 0.1) is 0 Å². The lowest BCUT2D eigenvalue weighted by molar-refractivity contribution is 0.171. The number of methoxy groups -OCH3 is 1. The van der Waals surface area contributed by atoms with E-state index in [1.165, 1.54) is 0 Å². The van der Waals surface area contributed by atoms with Crippen LogP contribution in [0.5, 0.6) is 23.0 Å². The van der Waals surface area contributed by atoms with Gasteiger partial charge < -0.3 is 24.3 Å². The van der Waals surface area contributed by atoms with Crippen LogP contribution in [0.4, 0.5) is 5.69 Å². The minimum Gasteiger partial charge on any atom is -0.493 e. The van der Waals surface area contributed by atoms with Gasteiger partial charge in [-0.2, -0.15) is 0 Å². The zero-order valence-electron chi connectivity index (χ0n) is 16.4. The van der Waals surface area contributed by atoms with Crippen molar-refractivity contribution in [3.05, 3.63) is 75.2 Å². The lowest BCUT2D eigenvalue weighted by Gasteiger charge is -2.19. The topological polar surface area (TPSA) is 49.0 Å². The first-order chi connectivity index (χ1) is 14.6.